The highest BCUT2D eigenvalue weighted by molar-refractivity contribution is 9.10. The van der Waals surface area contributed by atoms with Crippen LogP contribution in [0.4, 0.5) is 4.39 Å². The third kappa shape index (κ3) is 3.84. The van der Waals surface area contributed by atoms with Gasteiger partial charge in [0.1, 0.15) is 5.82 Å². The summed E-state index contributed by atoms with van der Waals surface area (Å²) in [5.41, 5.74) is 6.61. The van der Waals surface area contributed by atoms with Crippen LogP contribution in [0.2, 0.25) is 0 Å². The molecule has 1 aromatic heterocycles. The summed E-state index contributed by atoms with van der Waals surface area (Å²) >= 11 is 3.39. The number of aryl methyl sites for hydroxylation is 2. The van der Waals surface area contributed by atoms with Gasteiger partial charge in [-0.25, -0.2) is 4.39 Å². The molecule has 6 heteroatoms. The molecular weight excluding hydrogens is 335 g/mol. The van der Waals surface area contributed by atoms with Crippen molar-refractivity contribution in [2.75, 3.05) is 0 Å². The Morgan fingerprint density at radius 1 is 1.33 bits per heavy atom. The minimum Gasteiger partial charge on any atom is -0.271 e. The number of hydrogen-bond acceptors (Lipinski definition) is 4. The fraction of sp³-hybridized carbons (Fsp3) is 0.333. The van der Waals surface area contributed by atoms with Crippen LogP contribution >= 0.6 is 15.9 Å². The largest absolute Gasteiger partial charge is 0.271 e. The third-order valence-electron chi connectivity index (χ3n) is 3.38. The maximum atomic E-state index is 13.2. The molecule has 0 radical (unpaired) electrons. The standard InChI is InChI=1S/C15H18BrFN4/c1-3-14-12(6-9(2)20-21-14)15(19-18)7-10-4-5-11(17)8-13(10)16/h4-6,8,15,19H,3,7,18H2,1-2H3. The van der Waals surface area contributed by atoms with Crippen LogP contribution in [0.5, 0.6) is 0 Å². The van der Waals surface area contributed by atoms with Gasteiger partial charge in [-0.05, 0) is 49.1 Å². The Morgan fingerprint density at radius 3 is 2.71 bits per heavy atom. The van der Waals surface area contributed by atoms with Gasteiger partial charge >= 0.3 is 0 Å². The Bertz CT molecular complexity index is 633. The molecule has 0 aliphatic rings. The fourth-order valence-corrected chi connectivity index (χ4v) is 2.79. The lowest BCUT2D eigenvalue weighted by Gasteiger charge is -2.19. The van der Waals surface area contributed by atoms with Gasteiger partial charge in [0, 0.05) is 4.47 Å². The molecule has 1 heterocycles. The summed E-state index contributed by atoms with van der Waals surface area (Å²) in [5.74, 6) is 5.45. The molecule has 1 aromatic carbocycles. The lowest BCUT2D eigenvalue weighted by atomic mass is 9.97. The fourth-order valence-electron chi connectivity index (χ4n) is 2.28. The molecule has 21 heavy (non-hydrogen) atoms. The molecule has 0 aliphatic heterocycles. The van der Waals surface area contributed by atoms with Crippen LogP contribution in [-0.2, 0) is 12.8 Å². The second-order valence-corrected chi connectivity index (χ2v) is 5.75. The first-order chi connectivity index (χ1) is 10.0. The van der Waals surface area contributed by atoms with Gasteiger partial charge in [0.25, 0.3) is 0 Å². The smallest absolute Gasteiger partial charge is 0.124 e. The highest BCUT2D eigenvalue weighted by Crippen LogP contribution is 2.26. The van der Waals surface area contributed by atoms with E-state index in [1.165, 1.54) is 12.1 Å². The lowest BCUT2D eigenvalue weighted by Crippen LogP contribution is -2.31. The zero-order valence-electron chi connectivity index (χ0n) is 12.0. The Labute approximate surface area is 132 Å². The molecule has 2 aromatic rings. The second-order valence-electron chi connectivity index (χ2n) is 4.90. The van der Waals surface area contributed by atoms with Crippen molar-refractivity contribution < 1.29 is 4.39 Å². The van der Waals surface area contributed by atoms with Crippen molar-refractivity contribution in [1.29, 1.82) is 0 Å². The Morgan fingerprint density at radius 2 is 2.10 bits per heavy atom. The molecule has 1 atom stereocenters. The SMILES string of the molecule is CCc1nnc(C)cc1C(Cc1ccc(F)cc1Br)NN. The van der Waals surface area contributed by atoms with Crippen molar-refractivity contribution in [3.05, 3.63) is 57.1 Å². The Hall–Kier alpha value is -1.37. The highest BCUT2D eigenvalue weighted by Gasteiger charge is 2.17. The second kappa shape index (κ2) is 7.06. The van der Waals surface area contributed by atoms with Gasteiger partial charge in [-0.15, -0.1) is 0 Å². The number of benzene rings is 1. The Balaban J connectivity index is 2.34. The quantitative estimate of drug-likeness (QED) is 0.641. The maximum absolute atomic E-state index is 13.2. The van der Waals surface area contributed by atoms with E-state index in [1.807, 2.05) is 19.9 Å². The molecule has 0 saturated heterocycles. The summed E-state index contributed by atoms with van der Waals surface area (Å²) in [6, 6.07) is 6.56. The van der Waals surface area contributed by atoms with E-state index in [0.717, 1.165) is 33.4 Å². The van der Waals surface area contributed by atoms with Crippen LogP contribution in [0.3, 0.4) is 0 Å². The average Bonchev–Trinajstić information content (AvgIpc) is 2.46. The first-order valence-electron chi connectivity index (χ1n) is 6.78. The van der Waals surface area contributed by atoms with Gasteiger partial charge in [0.15, 0.2) is 0 Å². The molecule has 2 rings (SSSR count). The molecule has 4 nitrogen and oxygen atoms in total. The number of aromatic nitrogens is 2. The van der Waals surface area contributed by atoms with Gasteiger partial charge in [0.05, 0.1) is 17.4 Å². The average molecular weight is 353 g/mol. The molecule has 0 fully saturated rings. The van der Waals surface area contributed by atoms with E-state index in [0.29, 0.717) is 6.42 Å². The van der Waals surface area contributed by atoms with E-state index >= 15 is 0 Å². The zero-order valence-corrected chi connectivity index (χ0v) is 13.6. The Kier molecular flexibility index (Phi) is 5.39. The summed E-state index contributed by atoms with van der Waals surface area (Å²) in [4.78, 5) is 0. The molecule has 0 saturated carbocycles. The predicted molar refractivity (Wildman–Crippen MR) is 84.0 cm³/mol. The van der Waals surface area contributed by atoms with Crippen molar-refractivity contribution in [3.63, 3.8) is 0 Å². The first kappa shape index (κ1) is 16.0. The number of hydrazine groups is 1. The number of nitrogens with one attached hydrogen (secondary N) is 1. The zero-order chi connectivity index (χ0) is 15.4. The topological polar surface area (TPSA) is 63.8 Å². The van der Waals surface area contributed by atoms with Crippen LogP contribution in [0.1, 0.15) is 35.5 Å². The monoisotopic (exact) mass is 352 g/mol. The summed E-state index contributed by atoms with van der Waals surface area (Å²) in [6.07, 6.45) is 1.42. The number of nitrogens with two attached hydrogens (primary N) is 1. The van der Waals surface area contributed by atoms with Gasteiger partial charge in [-0.1, -0.05) is 28.9 Å². The van der Waals surface area contributed by atoms with Crippen molar-refractivity contribution >= 4 is 15.9 Å². The van der Waals surface area contributed by atoms with Crippen molar-refractivity contribution in [3.8, 4) is 0 Å². The molecule has 3 N–H and O–H groups in total. The van der Waals surface area contributed by atoms with Crippen molar-refractivity contribution in [1.82, 2.24) is 15.6 Å². The molecule has 0 amide bonds. The number of rotatable bonds is 5. The van der Waals surface area contributed by atoms with Crippen LogP contribution in [-0.4, -0.2) is 10.2 Å². The number of nitrogens with zero attached hydrogens (tertiary/aromatic N) is 2. The minimum atomic E-state index is -0.265. The van der Waals surface area contributed by atoms with Gasteiger partial charge in [-0.3, -0.25) is 11.3 Å². The van der Waals surface area contributed by atoms with Crippen molar-refractivity contribution in [2.24, 2.45) is 5.84 Å². The van der Waals surface area contributed by atoms with E-state index in [4.69, 9.17) is 5.84 Å². The van der Waals surface area contributed by atoms with Crippen molar-refractivity contribution in [2.45, 2.75) is 32.7 Å². The van der Waals surface area contributed by atoms with Gasteiger partial charge < -0.3 is 0 Å². The van der Waals surface area contributed by atoms with Crippen LogP contribution < -0.4 is 11.3 Å². The minimum absolute atomic E-state index is 0.101. The molecular formula is C15H18BrFN4. The molecule has 0 bridgehead atoms. The normalized spacial score (nSPS) is 12.4. The maximum Gasteiger partial charge on any atom is 0.124 e. The summed E-state index contributed by atoms with van der Waals surface area (Å²) in [5, 5.41) is 8.31. The van der Waals surface area contributed by atoms with Gasteiger partial charge in [0.2, 0.25) is 0 Å². The van der Waals surface area contributed by atoms with E-state index < -0.39 is 0 Å². The first-order valence-corrected chi connectivity index (χ1v) is 7.57. The van der Waals surface area contributed by atoms with Crippen LogP contribution in [0.25, 0.3) is 0 Å². The number of halogens is 2. The summed E-state index contributed by atoms with van der Waals surface area (Å²) in [6.45, 7) is 3.93. The van der Waals surface area contributed by atoms with E-state index in [9.17, 15) is 4.39 Å². The predicted octanol–water partition coefficient (Wildman–Crippen LogP) is 3.00. The molecule has 0 spiro atoms. The van der Waals surface area contributed by atoms with E-state index in [1.54, 1.807) is 6.07 Å². The van der Waals surface area contributed by atoms with Gasteiger partial charge in [-0.2, -0.15) is 10.2 Å². The molecule has 0 aliphatic carbocycles. The van der Waals surface area contributed by atoms with E-state index in [-0.39, 0.29) is 11.9 Å². The van der Waals surface area contributed by atoms with Crippen LogP contribution in [0.15, 0.2) is 28.7 Å². The molecule has 1 unspecified atom stereocenters. The summed E-state index contributed by atoms with van der Waals surface area (Å²) < 4.78 is 13.9. The third-order valence-corrected chi connectivity index (χ3v) is 4.11. The highest BCUT2D eigenvalue weighted by atomic mass is 79.9. The van der Waals surface area contributed by atoms with Crippen LogP contribution in [0, 0.1) is 12.7 Å². The van der Waals surface area contributed by atoms with E-state index in [2.05, 4.69) is 31.6 Å². The lowest BCUT2D eigenvalue weighted by molar-refractivity contribution is 0.540. The number of hydrogen-bond donors (Lipinski definition) is 2. The summed E-state index contributed by atoms with van der Waals surface area (Å²) in [7, 11) is 0. The molecule has 112 valence electrons.